The number of rotatable bonds is 3. The van der Waals surface area contributed by atoms with E-state index in [1.165, 1.54) is 29.8 Å². The third-order valence-electron chi connectivity index (χ3n) is 2.36. The molecular formula is C11H10O3S2. The molecule has 84 valence electrons. The number of methoxy groups -OCH3 is 1. The van der Waals surface area contributed by atoms with E-state index in [4.69, 9.17) is 0 Å². The van der Waals surface area contributed by atoms with Gasteiger partial charge < -0.3 is 9.84 Å². The summed E-state index contributed by atoms with van der Waals surface area (Å²) in [5, 5.41) is 17.7. The highest BCUT2D eigenvalue weighted by Gasteiger charge is 2.41. The molecule has 0 aliphatic carbocycles. The van der Waals surface area contributed by atoms with Gasteiger partial charge >= 0.3 is 5.97 Å². The summed E-state index contributed by atoms with van der Waals surface area (Å²) in [6.45, 7) is 0. The summed E-state index contributed by atoms with van der Waals surface area (Å²) in [6, 6.07) is 3.44. The number of ether oxygens (including phenoxy) is 1. The molecule has 3 nitrogen and oxygen atoms in total. The minimum absolute atomic E-state index is 0.544. The van der Waals surface area contributed by atoms with Gasteiger partial charge in [0.1, 0.15) is 0 Å². The molecule has 0 aliphatic rings. The highest BCUT2D eigenvalue weighted by Crippen LogP contribution is 2.33. The topological polar surface area (TPSA) is 46.5 Å². The molecule has 5 heteroatoms. The van der Waals surface area contributed by atoms with Gasteiger partial charge in [0.05, 0.1) is 7.11 Å². The quantitative estimate of drug-likeness (QED) is 0.854. The molecule has 2 aromatic heterocycles. The van der Waals surface area contributed by atoms with Crippen LogP contribution in [0.2, 0.25) is 0 Å². The van der Waals surface area contributed by atoms with Crippen LogP contribution < -0.4 is 0 Å². The highest BCUT2D eigenvalue weighted by atomic mass is 32.1. The molecule has 0 unspecified atom stereocenters. The number of carbonyl (C=O) groups excluding carboxylic acids is 1. The minimum atomic E-state index is -1.69. The smallest absolute Gasteiger partial charge is 0.347 e. The lowest BCUT2D eigenvalue weighted by molar-refractivity contribution is -0.158. The van der Waals surface area contributed by atoms with Crippen LogP contribution in [-0.2, 0) is 15.1 Å². The predicted octanol–water partition coefficient (Wildman–Crippen LogP) is 2.22. The third-order valence-corrected chi connectivity index (χ3v) is 3.73. The number of hydrogen-bond donors (Lipinski definition) is 1. The average Bonchev–Trinajstić information content (AvgIpc) is 2.98. The van der Waals surface area contributed by atoms with E-state index in [2.05, 4.69) is 4.74 Å². The Balaban J connectivity index is 2.54. The molecule has 0 amide bonds. The summed E-state index contributed by atoms with van der Waals surface area (Å²) in [5.41, 5.74) is -0.597. The van der Waals surface area contributed by atoms with E-state index in [1.807, 2.05) is 10.8 Å². The molecule has 2 heterocycles. The zero-order valence-corrected chi connectivity index (χ0v) is 10.2. The zero-order chi connectivity index (χ0) is 11.6. The summed E-state index contributed by atoms with van der Waals surface area (Å²) in [6.07, 6.45) is 0. The average molecular weight is 254 g/mol. The predicted molar refractivity (Wildman–Crippen MR) is 63.7 cm³/mol. The molecule has 0 radical (unpaired) electrons. The molecule has 0 saturated heterocycles. The molecule has 2 aromatic rings. The van der Waals surface area contributed by atoms with Crippen LogP contribution in [-0.4, -0.2) is 18.2 Å². The van der Waals surface area contributed by atoms with Gasteiger partial charge in [-0.05, 0) is 33.7 Å². The van der Waals surface area contributed by atoms with Gasteiger partial charge in [0.2, 0.25) is 5.60 Å². The third kappa shape index (κ3) is 1.67. The Morgan fingerprint density at radius 2 is 1.75 bits per heavy atom. The summed E-state index contributed by atoms with van der Waals surface area (Å²) in [4.78, 5) is 11.8. The van der Waals surface area contributed by atoms with Crippen molar-refractivity contribution in [3.8, 4) is 0 Å². The molecule has 0 saturated carbocycles. The van der Waals surface area contributed by atoms with Gasteiger partial charge in [0.25, 0.3) is 0 Å². The first-order valence-electron chi connectivity index (χ1n) is 4.55. The number of hydrogen-bond acceptors (Lipinski definition) is 5. The van der Waals surface area contributed by atoms with Crippen LogP contribution in [0.25, 0.3) is 0 Å². The van der Waals surface area contributed by atoms with Crippen LogP contribution in [0.15, 0.2) is 33.7 Å². The van der Waals surface area contributed by atoms with E-state index in [1.54, 1.807) is 22.9 Å². The SMILES string of the molecule is COC(=O)C(O)(c1ccsc1)c1ccsc1. The Labute approximate surface area is 101 Å². The van der Waals surface area contributed by atoms with Crippen LogP contribution in [0.3, 0.4) is 0 Å². The normalized spacial score (nSPS) is 11.4. The van der Waals surface area contributed by atoms with Crippen LogP contribution in [0.4, 0.5) is 0 Å². The summed E-state index contributed by atoms with van der Waals surface area (Å²) in [5.74, 6) is -0.663. The molecule has 0 aromatic carbocycles. The van der Waals surface area contributed by atoms with Gasteiger partial charge in [0.15, 0.2) is 0 Å². The van der Waals surface area contributed by atoms with E-state index in [9.17, 15) is 9.90 Å². The van der Waals surface area contributed by atoms with Crippen molar-refractivity contribution < 1.29 is 14.6 Å². The maximum absolute atomic E-state index is 11.8. The molecular weight excluding hydrogens is 244 g/mol. The first-order chi connectivity index (χ1) is 7.69. The molecule has 0 bridgehead atoms. The second-order valence-electron chi connectivity index (χ2n) is 3.23. The maximum Gasteiger partial charge on any atom is 0.347 e. The fourth-order valence-electron chi connectivity index (χ4n) is 1.49. The van der Waals surface area contributed by atoms with Crippen LogP contribution in [0.1, 0.15) is 11.1 Å². The molecule has 0 fully saturated rings. The van der Waals surface area contributed by atoms with Crippen molar-refractivity contribution in [1.82, 2.24) is 0 Å². The zero-order valence-electron chi connectivity index (χ0n) is 8.54. The lowest BCUT2D eigenvalue weighted by atomic mass is 9.90. The Kier molecular flexibility index (Phi) is 3.09. The summed E-state index contributed by atoms with van der Waals surface area (Å²) < 4.78 is 4.68. The Morgan fingerprint density at radius 1 is 1.25 bits per heavy atom. The van der Waals surface area contributed by atoms with Crippen molar-refractivity contribution in [1.29, 1.82) is 0 Å². The van der Waals surface area contributed by atoms with Gasteiger partial charge in [-0.2, -0.15) is 22.7 Å². The van der Waals surface area contributed by atoms with Crippen molar-refractivity contribution in [2.75, 3.05) is 7.11 Å². The first-order valence-corrected chi connectivity index (χ1v) is 6.44. The van der Waals surface area contributed by atoms with Crippen molar-refractivity contribution in [3.63, 3.8) is 0 Å². The minimum Gasteiger partial charge on any atom is -0.466 e. The van der Waals surface area contributed by atoms with Gasteiger partial charge in [-0.15, -0.1) is 0 Å². The van der Waals surface area contributed by atoms with Gasteiger partial charge in [-0.25, -0.2) is 4.79 Å². The lowest BCUT2D eigenvalue weighted by Crippen LogP contribution is -2.37. The van der Waals surface area contributed by atoms with E-state index in [0.717, 1.165) is 0 Å². The first kappa shape index (κ1) is 11.3. The van der Waals surface area contributed by atoms with Crippen LogP contribution in [0.5, 0.6) is 0 Å². The molecule has 0 spiro atoms. The highest BCUT2D eigenvalue weighted by molar-refractivity contribution is 7.08. The largest absolute Gasteiger partial charge is 0.466 e. The van der Waals surface area contributed by atoms with E-state index in [0.29, 0.717) is 11.1 Å². The molecule has 2 rings (SSSR count). The number of thiophene rings is 2. The Bertz CT molecular complexity index is 425. The van der Waals surface area contributed by atoms with Crippen molar-refractivity contribution in [2.24, 2.45) is 0 Å². The lowest BCUT2D eigenvalue weighted by Gasteiger charge is -2.23. The maximum atomic E-state index is 11.8. The Morgan fingerprint density at radius 3 is 2.06 bits per heavy atom. The fraction of sp³-hybridized carbons (Fsp3) is 0.182. The van der Waals surface area contributed by atoms with Crippen molar-refractivity contribution in [3.05, 3.63) is 44.8 Å². The number of carbonyl (C=O) groups is 1. The summed E-state index contributed by atoms with van der Waals surface area (Å²) >= 11 is 2.85. The summed E-state index contributed by atoms with van der Waals surface area (Å²) in [7, 11) is 1.27. The molecule has 0 atom stereocenters. The van der Waals surface area contributed by atoms with Crippen molar-refractivity contribution in [2.45, 2.75) is 5.60 Å². The van der Waals surface area contributed by atoms with Crippen LogP contribution in [0, 0.1) is 0 Å². The van der Waals surface area contributed by atoms with Gasteiger partial charge in [-0.3, -0.25) is 0 Å². The van der Waals surface area contributed by atoms with Crippen LogP contribution >= 0.6 is 22.7 Å². The van der Waals surface area contributed by atoms with E-state index < -0.39 is 11.6 Å². The molecule has 16 heavy (non-hydrogen) atoms. The van der Waals surface area contributed by atoms with Gasteiger partial charge in [-0.1, -0.05) is 0 Å². The van der Waals surface area contributed by atoms with Gasteiger partial charge in [0, 0.05) is 11.1 Å². The monoisotopic (exact) mass is 254 g/mol. The van der Waals surface area contributed by atoms with E-state index >= 15 is 0 Å². The van der Waals surface area contributed by atoms with Crippen molar-refractivity contribution >= 4 is 28.6 Å². The van der Waals surface area contributed by atoms with E-state index in [-0.39, 0.29) is 0 Å². The fourth-order valence-corrected chi connectivity index (χ4v) is 2.89. The number of aliphatic hydroxyl groups is 1. The second kappa shape index (κ2) is 4.37. The standard InChI is InChI=1S/C11H10O3S2/c1-14-10(12)11(13,8-2-4-15-6-8)9-3-5-16-7-9/h2-7,13H,1H3. The second-order valence-corrected chi connectivity index (χ2v) is 4.79. The Hall–Kier alpha value is -1.17. The number of esters is 1. The molecule has 0 aliphatic heterocycles. The molecule has 1 N–H and O–H groups in total.